The van der Waals surface area contributed by atoms with E-state index < -0.39 is 54.1 Å². The van der Waals surface area contributed by atoms with Crippen LogP contribution in [0.1, 0.15) is 42.3 Å². The quantitative estimate of drug-likeness (QED) is 0.0881. The topological polar surface area (TPSA) is 183 Å². The average Bonchev–Trinajstić information content (AvgIpc) is 3.77. The number of hydrogen-bond acceptors (Lipinski definition) is 9. The molecule has 2 atom stereocenters. The molecule has 0 saturated heterocycles. The highest BCUT2D eigenvalue weighted by atomic mass is 16.6. The van der Waals surface area contributed by atoms with Crippen LogP contribution in [0.25, 0.3) is 38.9 Å². The summed E-state index contributed by atoms with van der Waals surface area (Å²) in [5.74, 6) is -1.87. The summed E-state index contributed by atoms with van der Waals surface area (Å²) < 4.78 is 17.4. The van der Waals surface area contributed by atoms with Crippen molar-refractivity contribution in [2.75, 3.05) is 20.8 Å². The maximum absolute atomic E-state index is 14.1. The lowest BCUT2D eigenvalue weighted by atomic mass is 9.97. The molecule has 6 aromatic rings. The number of H-pyrrole nitrogens is 1. The number of para-hydroxylation sites is 2. The fraction of sp³-hybridized carbons (Fsp3) is 0.256. The molecule has 3 aromatic heterocycles. The van der Waals surface area contributed by atoms with Gasteiger partial charge in [0.2, 0.25) is 11.8 Å². The first-order chi connectivity index (χ1) is 27.4. The zero-order chi connectivity index (χ0) is 40.7. The molecule has 0 aliphatic rings. The van der Waals surface area contributed by atoms with Gasteiger partial charge in [-0.3, -0.25) is 14.2 Å². The highest BCUT2D eigenvalue weighted by Gasteiger charge is 2.30. The number of rotatable bonds is 13. The van der Waals surface area contributed by atoms with Crippen molar-refractivity contribution in [3.63, 3.8) is 0 Å². The number of carbonyl (C=O) groups is 5. The third-order valence-electron chi connectivity index (χ3n) is 9.20. The Morgan fingerprint density at radius 1 is 0.789 bits per heavy atom. The third kappa shape index (κ3) is 9.30. The third-order valence-corrected chi connectivity index (χ3v) is 9.20. The van der Waals surface area contributed by atoms with Gasteiger partial charge in [0.25, 0.3) is 0 Å². The van der Waals surface area contributed by atoms with Crippen LogP contribution in [-0.2, 0) is 41.4 Å². The molecule has 0 spiro atoms. The standard InChI is InChI=1S/C43H44N6O8/c1-43(2,3)57-42(54)48-33(39(51)46-25-37(50)47-34(41(53)56-5)22-28-24-45-32-14-8-6-12-29(28)32)23-31-30-13-7-9-15-35(30)49(36-16-10-11-21-44-36)38(31)26-17-19-27(20-18-26)40(52)55-4/h6-21,24,33-34,45H,22-23,25H2,1-5H3,(H,46,51)(H,47,50)(H,48,54)/t33-,34-/m0/s1. The Kier molecular flexibility index (Phi) is 12.0. The SMILES string of the molecule is COC(=O)c1ccc(-c2c(C[C@H](NC(=O)OC(C)(C)C)C(=O)NCC(=O)N[C@@H](Cc3c[nH]c4ccccc34)C(=O)OC)c3ccccc3n2-c2ccccn2)cc1. The lowest BCUT2D eigenvalue weighted by Crippen LogP contribution is -2.52. The number of esters is 2. The van der Waals surface area contributed by atoms with E-state index in [4.69, 9.17) is 14.2 Å². The van der Waals surface area contributed by atoms with E-state index in [-0.39, 0.29) is 12.8 Å². The van der Waals surface area contributed by atoms with Crippen molar-refractivity contribution in [3.8, 4) is 17.1 Å². The first-order valence-electron chi connectivity index (χ1n) is 18.3. The molecule has 3 heterocycles. The molecule has 3 amide bonds. The van der Waals surface area contributed by atoms with Crippen LogP contribution in [0.4, 0.5) is 4.79 Å². The highest BCUT2D eigenvalue weighted by Crippen LogP contribution is 2.37. The van der Waals surface area contributed by atoms with Crippen LogP contribution in [-0.4, -0.2) is 82.8 Å². The van der Waals surface area contributed by atoms with Crippen molar-refractivity contribution < 1.29 is 38.2 Å². The lowest BCUT2D eigenvalue weighted by Gasteiger charge is -2.24. The van der Waals surface area contributed by atoms with E-state index in [0.29, 0.717) is 28.2 Å². The summed E-state index contributed by atoms with van der Waals surface area (Å²) in [6.07, 6.45) is 2.70. The minimum atomic E-state index is -1.24. The van der Waals surface area contributed by atoms with Crippen molar-refractivity contribution in [3.05, 3.63) is 120 Å². The number of ether oxygens (including phenoxy) is 3. The summed E-state index contributed by atoms with van der Waals surface area (Å²) >= 11 is 0. The largest absolute Gasteiger partial charge is 0.467 e. The van der Waals surface area contributed by atoms with Gasteiger partial charge >= 0.3 is 18.0 Å². The van der Waals surface area contributed by atoms with E-state index in [2.05, 4.69) is 25.9 Å². The van der Waals surface area contributed by atoms with E-state index >= 15 is 0 Å². The van der Waals surface area contributed by atoms with Crippen molar-refractivity contribution in [1.29, 1.82) is 0 Å². The van der Waals surface area contributed by atoms with Gasteiger partial charge in [-0.25, -0.2) is 19.4 Å². The van der Waals surface area contributed by atoms with Crippen molar-refractivity contribution >= 4 is 51.7 Å². The molecular weight excluding hydrogens is 729 g/mol. The second-order valence-corrected chi connectivity index (χ2v) is 14.3. The predicted octanol–water partition coefficient (Wildman–Crippen LogP) is 5.41. The molecule has 14 nitrogen and oxygen atoms in total. The minimum absolute atomic E-state index is 0.0491. The van der Waals surface area contributed by atoms with Crippen molar-refractivity contribution in [2.45, 2.75) is 51.3 Å². The van der Waals surface area contributed by atoms with E-state index in [1.807, 2.05) is 65.2 Å². The first kappa shape index (κ1) is 39.7. The zero-order valence-electron chi connectivity index (χ0n) is 32.3. The van der Waals surface area contributed by atoms with Crippen LogP contribution < -0.4 is 16.0 Å². The van der Waals surface area contributed by atoms with Crippen LogP contribution in [0, 0.1) is 0 Å². The molecule has 0 aliphatic carbocycles. The van der Waals surface area contributed by atoms with E-state index in [1.165, 1.54) is 14.2 Å². The molecule has 4 N–H and O–H groups in total. The monoisotopic (exact) mass is 772 g/mol. The molecule has 0 saturated carbocycles. The van der Waals surface area contributed by atoms with Crippen molar-refractivity contribution in [1.82, 2.24) is 30.5 Å². The molecule has 14 heteroatoms. The Bertz CT molecular complexity index is 2410. The Hall–Kier alpha value is -6.96. The number of fused-ring (bicyclic) bond motifs is 2. The first-order valence-corrected chi connectivity index (χ1v) is 18.3. The number of amides is 3. The van der Waals surface area contributed by atoms with Gasteiger partial charge in [-0.2, -0.15) is 0 Å². The Labute approximate surface area is 328 Å². The smallest absolute Gasteiger partial charge is 0.408 e. The van der Waals surface area contributed by atoms with Crippen LogP contribution in [0.3, 0.4) is 0 Å². The molecular formula is C43H44N6O8. The highest BCUT2D eigenvalue weighted by molar-refractivity contribution is 5.97. The van der Waals surface area contributed by atoms with Crippen LogP contribution in [0.15, 0.2) is 103 Å². The second kappa shape index (κ2) is 17.2. The number of hydrogen-bond donors (Lipinski definition) is 4. The summed E-state index contributed by atoms with van der Waals surface area (Å²) in [4.78, 5) is 73.6. The summed E-state index contributed by atoms with van der Waals surface area (Å²) in [6, 6.07) is 25.2. The van der Waals surface area contributed by atoms with E-state index in [1.54, 1.807) is 63.5 Å². The summed E-state index contributed by atoms with van der Waals surface area (Å²) in [5, 5.41) is 9.71. The molecule has 294 valence electrons. The summed E-state index contributed by atoms with van der Waals surface area (Å²) in [5.41, 5.74) is 3.95. The maximum atomic E-state index is 14.1. The van der Waals surface area contributed by atoms with Crippen LogP contribution >= 0.6 is 0 Å². The molecule has 0 bridgehead atoms. The van der Waals surface area contributed by atoms with Crippen molar-refractivity contribution in [2.24, 2.45) is 0 Å². The number of methoxy groups -OCH3 is 2. The number of aromatic nitrogens is 3. The Morgan fingerprint density at radius 3 is 2.18 bits per heavy atom. The molecule has 57 heavy (non-hydrogen) atoms. The van der Waals surface area contributed by atoms with Gasteiger partial charge in [0.05, 0.1) is 37.5 Å². The van der Waals surface area contributed by atoms with Gasteiger partial charge in [0.1, 0.15) is 23.5 Å². The number of pyridine rings is 1. The zero-order valence-corrected chi connectivity index (χ0v) is 32.3. The minimum Gasteiger partial charge on any atom is -0.467 e. The molecule has 0 radical (unpaired) electrons. The second-order valence-electron chi connectivity index (χ2n) is 14.3. The van der Waals surface area contributed by atoms with Gasteiger partial charge in [-0.1, -0.05) is 54.6 Å². The van der Waals surface area contributed by atoms with Gasteiger partial charge < -0.3 is 35.1 Å². The number of benzene rings is 3. The molecule has 0 fully saturated rings. The lowest BCUT2D eigenvalue weighted by molar-refractivity contribution is -0.145. The molecule has 0 aliphatic heterocycles. The van der Waals surface area contributed by atoms with E-state index in [9.17, 15) is 24.0 Å². The predicted molar refractivity (Wildman–Crippen MR) is 214 cm³/mol. The number of nitrogens with one attached hydrogen (secondary N) is 4. The average molecular weight is 773 g/mol. The maximum Gasteiger partial charge on any atom is 0.408 e. The van der Waals surface area contributed by atoms with Gasteiger partial charge in [-0.15, -0.1) is 0 Å². The van der Waals surface area contributed by atoms with E-state index in [0.717, 1.165) is 27.4 Å². The van der Waals surface area contributed by atoms with Crippen LogP contribution in [0.5, 0.6) is 0 Å². The number of alkyl carbamates (subject to hydrolysis) is 1. The summed E-state index contributed by atoms with van der Waals surface area (Å²) in [6.45, 7) is 4.61. The Morgan fingerprint density at radius 2 is 1.49 bits per heavy atom. The molecule has 3 aromatic carbocycles. The summed E-state index contributed by atoms with van der Waals surface area (Å²) in [7, 11) is 2.54. The van der Waals surface area contributed by atoms with Gasteiger partial charge in [-0.05, 0) is 73.9 Å². The Balaban J connectivity index is 1.32. The fourth-order valence-electron chi connectivity index (χ4n) is 6.68. The molecule has 6 rings (SSSR count). The van der Waals surface area contributed by atoms with Gasteiger partial charge in [0, 0.05) is 41.5 Å². The number of nitrogens with zero attached hydrogens (tertiary/aromatic N) is 2. The van der Waals surface area contributed by atoms with Crippen LogP contribution in [0.2, 0.25) is 0 Å². The fourth-order valence-corrected chi connectivity index (χ4v) is 6.68. The number of aromatic amines is 1. The normalized spacial score (nSPS) is 12.4. The van der Waals surface area contributed by atoms with Gasteiger partial charge in [0.15, 0.2) is 0 Å². The molecule has 0 unspecified atom stereocenters. The number of carbonyl (C=O) groups excluding carboxylic acids is 5.